The average molecular weight is 688 g/mol. The van der Waals surface area contributed by atoms with E-state index in [1.807, 2.05) is 66.7 Å². The smallest absolute Gasteiger partial charge is 0.305 e. The van der Waals surface area contributed by atoms with Crippen molar-refractivity contribution in [3.05, 3.63) is 170 Å². The first-order chi connectivity index (χ1) is 25.5. The summed E-state index contributed by atoms with van der Waals surface area (Å²) in [5.41, 5.74) is 14.0. The van der Waals surface area contributed by atoms with Gasteiger partial charge in [0.2, 0.25) is 5.91 Å². The molecule has 0 saturated carbocycles. The zero-order valence-corrected chi connectivity index (χ0v) is 28.9. The summed E-state index contributed by atoms with van der Waals surface area (Å²) in [5.74, 6) is -0.417. The van der Waals surface area contributed by atoms with Crippen LogP contribution in [0.5, 0.6) is 5.75 Å². The highest BCUT2D eigenvalue weighted by molar-refractivity contribution is 5.91. The Balaban J connectivity index is 1.25. The van der Waals surface area contributed by atoms with E-state index in [1.165, 1.54) is 37.6 Å². The lowest BCUT2D eigenvalue weighted by Crippen LogP contribution is -2.39. The summed E-state index contributed by atoms with van der Waals surface area (Å²) in [6.45, 7) is 0.710. The van der Waals surface area contributed by atoms with Crippen LogP contribution in [0.3, 0.4) is 0 Å². The minimum atomic E-state index is -1.03. The van der Waals surface area contributed by atoms with Gasteiger partial charge in [0, 0.05) is 24.4 Å². The number of hydrogen-bond acceptors (Lipinski definition) is 5. The van der Waals surface area contributed by atoms with Crippen LogP contribution in [0, 0.1) is 10.4 Å². The predicted molar refractivity (Wildman–Crippen MR) is 205 cm³/mol. The number of fused-ring (bicyclic) bond motifs is 5. The number of benzene rings is 5. The second kappa shape index (κ2) is 14.4. The number of carbonyl (C=O) groups excluding carboxylic acids is 1. The molecule has 1 aliphatic heterocycles. The molecule has 52 heavy (non-hydrogen) atoms. The van der Waals surface area contributed by atoms with Gasteiger partial charge in [-0.3, -0.25) is 9.59 Å². The molecule has 3 atom stereocenters. The number of aliphatic carboxylic acids is 1. The number of ether oxygens (including phenoxy) is 1. The molecule has 3 aliphatic rings. The molecule has 3 unspecified atom stereocenters. The van der Waals surface area contributed by atoms with Gasteiger partial charge in [-0.1, -0.05) is 103 Å². The fourth-order valence-electron chi connectivity index (χ4n) is 8.10. The fraction of sp³-hybridized carbons (Fsp3) is 0.200. The van der Waals surface area contributed by atoms with Gasteiger partial charge in [0.05, 0.1) is 13.0 Å². The molecule has 260 valence electrons. The second-order valence-corrected chi connectivity index (χ2v) is 13.7. The van der Waals surface area contributed by atoms with Gasteiger partial charge in [-0.25, -0.2) is 0 Å². The second-order valence-electron chi connectivity index (χ2n) is 13.7. The van der Waals surface area contributed by atoms with Crippen LogP contribution < -0.4 is 26.2 Å². The van der Waals surface area contributed by atoms with Crippen molar-refractivity contribution >= 4 is 35.3 Å². The Kier molecular flexibility index (Phi) is 9.18. The Hall–Kier alpha value is -5.92. The first-order valence-corrected chi connectivity index (χ1v) is 18.0. The molecule has 0 saturated heterocycles. The molecule has 7 nitrogen and oxygen atoms in total. The van der Waals surface area contributed by atoms with Crippen LogP contribution in [-0.4, -0.2) is 40.6 Å². The van der Waals surface area contributed by atoms with Crippen molar-refractivity contribution < 1.29 is 19.4 Å². The molecule has 7 heteroatoms. The van der Waals surface area contributed by atoms with Gasteiger partial charge in [-0.05, 0) is 97.8 Å². The number of amides is 1. The molecule has 2 aliphatic carbocycles. The average Bonchev–Trinajstić information content (AvgIpc) is 3.30. The van der Waals surface area contributed by atoms with Crippen molar-refractivity contribution in [2.75, 3.05) is 11.9 Å². The molecule has 0 radical (unpaired) electrons. The number of para-hydroxylation sites is 1. The molecule has 4 N–H and O–H groups in total. The van der Waals surface area contributed by atoms with E-state index in [1.54, 1.807) is 11.1 Å². The summed E-state index contributed by atoms with van der Waals surface area (Å²) < 4.78 is 6.62. The highest BCUT2D eigenvalue weighted by Crippen LogP contribution is 2.38. The van der Waals surface area contributed by atoms with E-state index in [0.29, 0.717) is 13.1 Å². The SMILES string of the molecule is NCC(Oc1ccccc1)C1CCC(c2ccc3c(c2)NC(CC(=O)O)C(=O)N(C=Cc2ccccc2)C3)=c2ccc3c(c21)CC=c1ccccc1=3. The highest BCUT2D eigenvalue weighted by atomic mass is 16.5. The minimum Gasteiger partial charge on any atom is -0.488 e. The van der Waals surface area contributed by atoms with Gasteiger partial charge in [-0.15, -0.1) is 0 Å². The van der Waals surface area contributed by atoms with E-state index < -0.39 is 12.0 Å². The summed E-state index contributed by atoms with van der Waals surface area (Å²) >= 11 is 0. The number of nitrogens with one attached hydrogen (secondary N) is 1. The summed E-state index contributed by atoms with van der Waals surface area (Å²) in [4.78, 5) is 27.3. The largest absolute Gasteiger partial charge is 0.488 e. The first-order valence-electron chi connectivity index (χ1n) is 18.0. The van der Waals surface area contributed by atoms with Gasteiger partial charge in [-0.2, -0.15) is 0 Å². The van der Waals surface area contributed by atoms with Crippen molar-refractivity contribution in [2.45, 2.75) is 50.3 Å². The van der Waals surface area contributed by atoms with Crippen LogP contribution in [0.15, 0.2) is 121 Å². The molecular formula is C45H41N3O4. The van der Waals surface area contributed by atoms with E-state index >= 15 is 0 Å². The monoisotopic (exact) mass is 687 g/mol. The molecule has 0 bridgehead atoms. The maximum atomic E-state index is 13.7. The molecule has 0 fully saturated rings. The number of rotatable bonds is 9. The molecule has 5 aromatic carbocycles. The minimum absolute atomic E-state index is 0.0825. The summed E-state index contributed by atoms with van der Waals surface area (Å²) in [6.07, 6.45) is 7.91. The Morgan fingerprint density at radius 1 is 0.923 bits per heavy atom. The van der Waals surface area contributed by atoms with Crippen LogP contribution in [-0.2, 0) is 22.6 Å². The van der Waals surface area contributed by atoms with E-state index in [9.17, 15) is 14.7 Å². The number of carboxylic acids is 1. The Bertz CT molecular complexity index is 2410. The van der Waals surface area contributed by atoms with Crippen molar-refractivity contribution in [2.24, 2.45) is 5.73 Å². The molecule has 1 heterocycles. The lowest BCUT2D eigenvalue weighted by atomic mass is 9.75. The molecule has 0 aromatic heterocycles. The van der Waals surface area contributed by atoms with E-state index in [2.05, 4.69) is 66.0 Å². The molecule has 5 aromatic rings. The Morgan fingerprint density at radius 3 is 2.46 bits per heavy atom. The van der Waals surface area contributed by atoms with E-state index in [-0.39, 0.29) is 24.3 Å². The van der Waals surface area contributed by atoms with Crippen LogP contribution >= 0.6 is 0 Å². The Morgan fingerprint density at radius 2 is 1.67 bits per heavy atom. The lowest BCUT2D eigenvalue weighted by Gasteiger charge is -2.34. The fourth-order valence-corrected chi connectivity index (χ4v) is 8.10. The van der Waals surface area contributed by atoms with Gasteiger partial charge in [0.1, 0.15) is 17.9 Å². The summed E-state index contributed by atoms with van der Waals surface area (Å²) in [7, 11) is 0. The normalized spacial score (nSPS) is 18.2. The van der Waals surface area contributed by atoms with Crippen molar-refractivity contribution in [3.8, 4) is 5.75 Å². The zero-order chi connectivity index (χ0) is 35.6. The van der Waals surface area contributed by atoms with Crippen LogP contribution in [0.25, 0.3) is 17.7 Å². The summed E-state index contributed by atoms with van der Waals surface area (Å²) in [6, 6.07) is 38.2. The first kappa shape index (κ1) is 33.2. The maximum Gasteiger partial charge on any atom is 0.305 e. The molecule has 8 rings (SSSR count). The third-order valence-electron chi connectivity index (χ3n) is 10.6. The van der Waals surface area contributed by atoms with Crippen molar-refractivity contribution in [3.63, 3.8) is 0 Å². The van der Waals surface area contributed by atoms with Crippen molar-refractivity contribution in [1.82, 2.24) is 4.90 Å². The number of carboxylic acid groups (broad SMARTS) is 1. The van der Waals surface area contributed by atoms with E-state index in [4.69, 9.17) is 10.5 Å². The highest BCUT2D eigenvalue weighted by Gasteiger charge is 2.33. The molecular weight excluding hydrogens is 647 g/mol. The third-order valence-corrected chi connectivity index (χ3v) is 10.6. The third kappa shape index (κ3) is 6.51. The van der Waals surface area contributed by atoms with Crippen LogP contribution in [0.1, 0.15) is 53.0 Å². The van der Waals surface area contributed by atoms with Crippen molar-refractivity contribution in [1.29, 1.82) is 0 Å². The quantitative estimate of drug-likeness (QED) is 0.174. The number of carbonyl (C=O) groups is 2. The van der Waals surface area contributed by atoms with Gasteiger partial charge in [0.25, 0.3) is 0 Å². The number of nitrogens with zero attached hydrogens (tertiary/aromatic N) is 1. The van der Waals surface area contributed by atoms with Crippen LogP contribution in [0.2, 0.25) is 0 Å². The Labute approximate surface area is 302 Å². The van der Waals surface area contributed by atoms with Gasteiger partial charge >= 0.3 is 5.97 Å². The predicted octanol–water partition coefficient (Wildman–Crippen LogP) is 6.06. The standard InChI is InChI=1S/C45H41N3O4/c46-27-42(52-33-12-5-2-6-13-33)39-22-19-35(37-21-20-36-34-14-8-7-11-30(34)17-18-38(36)44(37)39)31-15-16-32-28-48(24-23-29-9-3-1-4-10-29)45(51)41(26-43(49)50)47-40(32)25-31/h1-17,20-21,23-25,39,41-42,47H,18-19,22,26-28,46H2,(H,49,50). The van der Waals surface area contributed by atoms with Crippen LogP contribution in [0.4, 0.5) is 5.69 Å². The summed E-state index contributed by atoms with van der Waals surface area (Å²) in [5, 5.41) is 18.0. The maximum absolute atomic E-state index is 13.7. The zero-order valence-electron chi connectivity index (χ0n) is 28.9. The number of nitrogens with two attached hydrogens (primary N) is 1. The topological polar surface area (TPSA) is 105 Å². The molecule has 1 amide bonds. The van der Waals surface area contributed by atoms with E-state index in [0.717, 1.165) is 47.4 Å². The molecule has 0 spiro atoms. The van der Waals surface area contributed by atoms with Gasteiger partial charge in [0.15, 0.2) is 0 Å². The number of hydrogen-bond donors (Lipinski definition) is 3. The van der Waals surface area contributed by atoms with Gasteiger partial charge < -0.3 is 25.8 Å². The number of anilines is 1. The lowest BCUT2D eigenvalue weighted by molar-refractivity contribution is -0.140.